The fourth-order valence-corrected chi connectivity index (χ4v) is 1.81. The third kappa shape index (κ3) is 1.31. The number of benzene rings is 1. The SMILES string of the molecule is C=Cc1cccc2c1C(=C)CNC2. The van der Waals surface area contributed by atoms with Crippen molar-refractivity contribution in [1.82, 2.24) is 5.32 Å². The summed E-state index contributed by atoms with van der Waals surface area (Å²) in [7, 11) is 0. The Hall–Kier alpha value is -1.34. The molecule has 0 bridgehead atoms. The topological polar surface area (TPSA) is 12.0 Å². The molecule has 1 aliphatic rings. The average molecular weight is 171 g/mol. The van der Waals surface area contributed by atoms with Crippen LogP contribution in [-0.4, -0.2) is 6.54 Å². The molecule has 13 heavy (non-hydrogen) atoms. The Morgan fingerprint density at radius 1 is 1.31 bits per heavy atom. The van der Waals surface area contributed by atoms with Crippen LogP contribution in [0.25, 0.3) is 11.6 Å². The minimum Gasteiger partial charge on any atom is -0.309 e. The van der Waals surface area contributed by atoms with Crippen LogP contribution in [-0.2, 0) is 6.54 Å². The van der Waals surface area contributed by atoms with Gasteiger partial charge in [-0.25, -0.2) is 0 Å². The number of fused-ring (bicyclic) bond motifs is 1. The molecule has 1 nitrogen and oxygen atoms in total. The molecular formula is C12H13N. The molecule has 0 unspecified atom stereocenters. The summed E-state index contributed by atoms with van der Waals surface area (Å²) in [6.45, 7) is 9.69. The zero-order valence-electron chi connectivity index (χ0n) is 7.64. The molecule has 0 aliphatic carbocycles. The van der Waals surface area contributed by atoms with E-state index in [0.29, 0.717) is 0 Å². The highest BCUT2D eigenvalue weighted by Gasteiger charge is 2.13. The molecule has 66 valence electrons. The summed E-state index contributed by atoms with van der Waals surface area (Å²) in [5.41, 5.74) is 4.98. The fraction of sp³-hybridized carbons (Fsp3) is 0.167. The van der Waals surface area contributed by atoms with Gasteiger partial charge in [0.15, 0.2) is 0 Å². The van der Waals surface area contributed by atoms with Crippen molar-refractivity contribution in [3.05, 3.63) is 48.0 Å². The number of nitrogens with one attached hydrogen (secondary N) is 1. The van der Waals surface area contributed by atoms with Gasteiger partial charge in [-0.3, -0.25) is 0 Å². The predicted octanol–water partition coefficient (Wildman–Crippen LogP) is 2.45. The van der Waals surface area contributed by atoms with E-state index in [1.54, 1.807) is 0 Å². The Morgan fingerprint density at radius 3 is 2.92 bits per heavy atom. The van der Waals surface area contributed by atoms with Crippen molar-refractivity contribution >= 4 is 11.6 Å². The molecule has 1 N–H and O–H groups in total. The van der Waals surface area contributed by atoms with Crippen molar-refractivity contribution in [2.45, 2.75) is 6.54 Å². The highest BCUT2D eigenvalue weighted by Crippen LogP contribution is 2.25. The highest BCUT2D eigenvalue weighted by molar-refractivity contribution is 5.77. The standard InChI is InChI=1S/C12H13N/c1-3-10-5-4-6-11-8-13-7-9(2)12(10)11/h3-6,13H,1-2,7-8H2. The smallest absolute Gasteiger partial charge is 0.0214 e. The molecule has 1 aromatic carbocycles. The molecule has 1 heteroatoms. The lowest BCUT2D eigenvalue weighted by atomic mass is 9.92. The van der Waals surface area contributed by atoms with E-state index in [2.05, 4.69) is 36.7 Å². The van der Waals surface area contributed by atoms with E-state index < -0.39 is 0 Å². The zero-order valence-corrected chi connectivity index (χ0v) is 7.64. The summed E-state index contributed by atoms with van der Waals surface area (Å²) in [5.74, 6) is 0. The van der Waals surface area contributed by atoms with E-state index in [9.17, 15) is 0 Å². The van der Waals surface area contributed by atoms with Gasteiger partial charge >= 0.3 is 0 Å². The summed E-state index contributed by atoms with van der Waals surface area (Å²) >= 11 is 0. The largest absolute Gasteiger partial charge is 0.309 e. The monoisotopic (exact) mass is 171 g/mol. The lowest BCUT2D eigenvalue weighted by Gasteiger charge is -2.21. The Balaban J connectivity index is 2.63. The molecule has 0 aromatic heterocycles. The lowest BCUT2D eigenvalue weighted by Crippen LogP contribution is -2.22. The minimum atomic E-state index is 0.887. The molecule has 0 atom stereocenters. The van der Waals surface area contributed by atoms with Crippen LogP contribution in [0.2, 0.25) is 0 Å². The van der Waals surface area contributed by atoms with Crippen molar-refractivity contribution in [2.24, 2.45) is 0 Å². The van der Waals surface area contributed by atoms with Gasteiger partial charge in [0.05, 0.1) is 0 Å². The average Bonchev–Trinajstić information content (AvgIpc) is 2.17. The quantitative estimate of drug-likeness (QED) is 0.684. The first-order valence-electron chi connectivity index (χ1n) is 4.46. The third-order valence-electron chi connectivity index (χ3n) is 2.41. The maximum Gasteiger partial charge on any atom is 0.0214 e. The first-order valence-corrected chi connectivity index (χ1v) is 4.46. The first kappa shape index (κ1) is 8.27. The molecule has 0 radical (unpaired) electrons. The maximum absolute atomic E-state index is 4.05. The first-order chi connectivity index (χ1) is 6.33. The van der Waals surface area contributed by atoms with Crippen LogP contribution in [0.5, 0.6) is 0 Å². The van der Waals surface area contributed by atoms with Crippen LogP contribution < -0.4 is 5.32 Å². The van der Waals surface area contributed by atoms with Crippen molar-refractivity contribution in [1.29, 1.82) is 0 Å². The van der Waals surface area contributed by atoms with Gasteiger partial charge in [0.25, 0.3) is 0 Å². The van der Waals surface area contributed by atoms with Crippen LogP contribution in [0, 0.1) is 0 Å². The van der Waals surface area contributed by atoms with Crippen LogP contribution in [0.15, 0.2) is 31.4 Å². The second kappa shape index (κ2) is 3.19. The van der Waals surface area contributed by atoms with E-state index >= 15 is 0 Å². The summed E-state index contributed by atoms with van der Waals surface area (Å²) in [4.78, 5) is 0. The summed E-state index contributed by atoms with van der Waals surface area (Å²) in [6.07, 6.45) is 1.90. The molecule has 0 amide bonds. The Kier molecular flexibility index (Phi) is 2.03. The van der Waals surface area contributed by atoms with Gasteiger partial charge in [-0.15, -0.1) is 0 Å². The molecule has 0 saturated carbocycles. The van der Waals surface area contributed by atoms with E-state index in [0.717, 1.165) is 18.7 Å². The lowest BCUT2D eigenvalue weighted by molar-refractivity contribution is 0.744. The molecule has 0 spiro atoms. The Bertz CT molecular complexity index is 363. The summed E-state index contributed by atoms with van der Waals surface area (Å²) in [6, 6.07) is 6.29. The molecule has 0 fully saturated rings. The van der Waals surface area contributed by atoms with Gasteiger partial charge in [-0.05, 0) is 22.3 Å². The normalized spacial score (nSPS) is 15.2. The van der Waals surface area contributed by atoms with Crippen molar-refractivity contribution in [3.63, 3.8) is 0 Å². The minimum absolute atomic E-state index is 0.887. The highest BCUT2D eigenvalue weighted by atomic mass is 14.9. The Labute approximate surface area is 78.8 Å². The van der Waals surface area contributed by atoms with Crippen molar-refractivity contribution in [3.8, 4) is 0 Å². The fourth-order valence-electron chi connectivity index (χ4n) is 1.81. The van der Waals surface area contributed by atoms with Gasteiger partial charge in [-0.2, -0.15) is 0 Å². The maximum atomic E-state index is 4.05. The van der Waals surface area contributed by atoms with Crippen LogP contribution in [0.4, 0.5) is 0 Å². The molecule has 1 aliphatic heterocycles. The van der Waals surface area contributed by atoms with E-state index in [-0.39, 0.29) is 0 Å². The summed E-state index contributed by atoms with van der Waals surface area (Å²) in [5, 5.41) is 3.31. The second-order valence-corrected chi connectivity index (χ2v) is 3.29. The van der Waals surface area contributed by atoms with E-state index in [1.807, 2.05) is 6.08 Å². The van der Waals surface area contributed by atoms with Crippen LogP contribution >= 0.6 is 0 Å². The number of hydrogen-bond donors (Lipinski definition) is 1. The van der Waals surface area contributed by atoms with Gasteiger partial charge < -0.3 is 5.32 Å². The second-order valence-electron chi connectivity index (χ2n) is 3.29. The van der Waals surface area contributed by atoms with Crippen LogP contribution in [0.1, 0.15) is 16.7 Å². The predicted molar refractivity (Wildman–Crippen MR) is 57.3 cm³/mol. The van der Waals surface area contributed by atoms with Gasteiger partial charge in [0.2, 0.25) is 0 Å². The number of rotatable bonds is 1. The van der Waals surface area contributed by atoms with Crippen molar-refractivity contribution in [2.75, 3.05) is 6.54 Å². The molecular weight excluding hydrogens is 158 g/mol. The molecule has 2 rings (SSSR count). The van der Waals surface area contributed by atoms with Gasteiger partial charge in [0, 0.05) is 13.1 Å². The van der Waals surface area contributed by atoms with Crippen molar-refractivity contribution < 1.29 is 0 Å². The molecule has 1 heterocycles. The van der Waals surface area contributed by atoms with E-state index in [4.69, 9.17) is 0 Å². The Morgan fingerprint density at radius 2 is 2.15 bits per heavy atom. The zero-order chi connectivity index (χ0) is 9.26. The van der Waals surface area contributed by atoms with Gasteiger partial charge in [0.1, 0.15) is 0 Å². The molecule has 1 aromatic rings. The van der Waals surface area contributed by atoms with Crippen LogP contribution in [0.3, 0.4) is 0 Å². The number of hydrogen-bond acceptors (Lipinski definition) is 1. The summed E-state index contributed by atoms with van der Waals surface area (Å²) < 4.78 is 0. The van der Waals surface area contributed by atoms with E-state index in [1.165, 1.54) is 16.7 Å². The molecule has 0 saturated heterocycles. The third-order valence-corrected chi connectivity index (χ3v) is 2.41. The van der Waals surface area contributed by atoms with Gasteiger partial charge in [-0.1, -0.05) is 37.4 Å².